The molecule has 0 aromatic rings. The van der Waals surface area contributed by atoms with Crippen molar-refractivity contribution in [3.8, 4) is 0 Å². The second-order valence-electron chi connectivity index (χ2n) is 3.88. The molecular formula is C9H20O4. The van der Waals surface area contributed by atoms with Crippen LogP contribution in [0.4, 0.5) is 0 Å². The molecule has 0 aromatic carbocycles. The van der Waals surface area contributed by atoms with Crippen LogP contribution in [0.1, 0.15) is 20.8 Å². The molecule has 4 unspecified atom stereocenters. The smallest absolute Gasteiger partial charge is 0.106 e. The molecule has 4 nitrogen and oxygen atoms in total. The number of aliphatic hydroxyl groups is 4. The van der Waals surface area contributed by atoms with E-state index in [1.54, 1.807) is 20.8 Å². The normalized spacial score (nSPS) is 21.2. The average molecular weight is 192 g/mol. The Labute approximate surface area is 78.8 Å². The lowest BCUT2D eigenvalue weighted by Crippen LogP contribution is -2.44. The van der Waals surface area contributed by atoms with Gasteiger partial charge in [-0.3, -0.25) is 0 Å². The third-order valence-corrected chi connectivity index (χ3v) is 2.25. The summed E-state index contributed by atoms with van der Waals surface area (Å²) in [5.74, 6) is -0.543. The summed E-state index contributed by atoms with van der Waals surface area (Å²) in [4.78, 5) is 0. The van der Waals surface area contributed by atoms with E-state index in [1.807, 2.05) is 0 Å². The molecule has 0 aliphatic heterocycles. The van der Waals surface area contributed by atoms with Crippen LogP contribution in [0.3, 0.4) is 0 Å². The summed E-state index contributed by atoms with van der Waals surface area (Å²) in [5, 5.41) is 37.0. The van der Waals surface area contributed by atoms with Crippen molar-refractivity contribution in [2.45, 2.75) is 39.1 Å². The highest BCUT2D eigenvalue weighted by molar-refractivity contribution is 4.80. The monoisotopic (exact) mass is 192 g/mol. The van der Waals surface area contributed by atoms with Gasteiger partial charge < -0.3 is 20.4 Å². The quantitative estimate of drug-likeness (QED) is 0.467. The van der Waals surface area contributed by atoms with Gasteiger partial charge in [0.2, 0.25) is 0 Å². The van der Waals surface area contributed by atoms with E-state index in [1.165, 1.54) is 0 Å². The predicted octanol–water partition coefficient (Wildman–Crippen LogP) is -0.647. The van der Waals surface area contributed by atoms with Crippen LogP contribution in [0, 0.1) is 11.8 Å². The van der Waals surface area contributed by atoms with Crippen LogP contribution in [0.15, 0.2) is 0 Å². The molecule has 0 aromatic heterocycles. The van der Waals surface area contributed by atoms with Crippen molar-refractivity contribution < 1.29 is 20.4 Å². The summed E-state index contributed by atoms with van der Waals surface area (Å²) in [6.07, 6.45) is -3.23. The third-order valence-electron chi connectivity index (χ3n) is 2.25. The van der Waals surface area contributed by atoms with Crippen LogP contribution in [-0.2, 0) is 0 Å². The first-order valence-electron chi connectivity index (χ1n) is 4.56. The van der Waals surface area contributed by atoms with Gasteiger partial charge in [0.25, 0.3) is 0 Å². The highest BCUT2D eigenvalue weighted by atomic mass is 16.4. The summed E-state index contributed by atoms with van der Waals surface area (Å²) in [5.41, 5.74) is 0. The minimum atomic E-state index is -1.19. The molecule has 0 aliphatic rings. The average Bonchev–Trinajstić information content (AvgIpc) is 2.12. The zero-order chi connectivity index (χ0) is 10.6. The first kappa shape index (κ1) is 12.8. The zero-order valence-electron chi connectivity index (χ0n) is 8.38. The van der Waals surface area contributed by atoms with Crippen molar-refractivity contribution in [1.29, 1.82) is 0 Å². The van der Waals surface area contributed by atoms with Gasteiger partial charge in [0.05, 0.1) is 12.2 Å². The van der Waals surface area contributed by atoms with Crippen LogP contribution >= 0.6 is 0 Å². The molecular weight excluding hydrogens is 172 g/mol. The van der Waals surface area contributed by atoms with Crippen LogP contribution in [0.25, 0.3) is 0 Å². The molecule has 0 fully saturated rings. The summed E-state index contributed by atoms with van der Waals surface area (Å²) in [6, 6.07) is 0. The zero-order valence-corrected chi connectivity index (χ0v) is 8.38. The van der Waals surface area contributed by atoms with E-state index in [4.69, 9.17) is 5.11 Å². The SMILES string of the molecule is CC(C)C(O)C(O)C(O)C(C)CO. The largest absolute Gasteiger partial charge is 0.396 e. The van der Waals surface area contributed by atoms with Gasteiger partial charge in [-0.15, -0.1) is 0 Å². The standard InChI is InChI=1S/C9H20O4/c1-5(2)7(11)9(13)8(12)6(3)4-10/h5-13H,4H2,1-3H3. The van der Waals surface area contributed by atoms with Gasteiger partial charge in [-0.2, -0.15) is 0 Å². The van der Waals surface area contributed by atoms with Crippen molar-refractivity contribution in [3.63, 3.8) is 0 Å². The Bertz CT molecular complexity index is 138. The Morgan fingerprint density at radius 1 is 0.846 bits per heavy atom. The number of aliphatic hydroxyl groups excluding tert-OH is 4. The minimum absolute atomic E-state index is 0.115. The van der Waals surface area contributed by atoms with Crippen LogP contribution in [-0.4, -0.2) is 45.3 Å². The number of hydrogen-bond donors (Lipinski definition) is 4. The molecule has 13 heavy (non-hydrogen) atoms. The fraction of sp³-hybridized carbons (Fsp3) is 1.00. The fourth-order valence-corrected chi connectivity index (χ4v) is 1.04. The van der Waals surface area contributed by atoms with Crippen molar-refractivity contribution in [2.24, 2.45) is 11.8 Å². The molecule has 0 radical (unpaired) electrons. The molecule has 0 saturated carbocycles. The Hall–Kier alpha value is -0.160. The topological polar surface area (TPSA) is 80.9 Å². The van der Waals surface area contributed by atoms with E-state index in [0.29, 0.717) is 0 Å². The lowest BCUT2D eigenvalue weighted by atomic mass is 9.92. The number of rotatable bonds is 5. The van der Waals surface area contributed by atoms with Gasteiger partial charge in [-0.1, -0.05) is 20.8 Å². The second-order valence-corrected chi connectivity index (χ2v) is 3.88. The first-order valence-corrected chi connectivity index (χ1v) is 4.56. The maximum Gasteiger partial charge on any atom is 0.106 e. The van der Waals surface area contributed by atoms with Crippen LogP contribution in [0.5, 0.6) is 0 Å². The van der Waals surface area contributed by atoms with Crippen molar-refractivity contribution in [2.75, 3.05) is 6.61 Å². The van der Waals surface area contributed by atoms with E-state index in [0.717, 1.165) is 0 Å². The lowest BCUT2D eigenvalue weighted by molar-refractivity contribution is -0.0979. The maximum absolute atomic E-state index is 9.45. The van der Waals surface area contributed by atoms with E-state index in [2.05, 4.69) is 0 Å². The van der Waals surface area contributed by atoms with Crippen molar-refractivity contribution >= 4 is 0 Å². The Morgan fingerprint density at radius 3 is 1.62 bits per heavy atom. The molecule has 0 saturated heterocycles. The van der Waals surface area contributed by atoms with E-state index in [-0.39, 0.29) is 12.5 Å². The molecule has 4 atom stereocenters. The molecule has 0 aliphatic carbocycles. The van der Waals surface area contributed by atoms with Gasteiger partial charge in [-0.25, -0.2) is 0 Å². The van der Waals surface area contributed by atoms with Crippen molar-refractivity contribution in [3.05, 3.63) is 0 Å². The molecule has 0 amide bonds. The molecule has 0 heterocycles. The van der Waals surface area contributed by atoms with Gasteiger partial charge in [0.15, 0.2) is 0 Å². The number of hydrogen-bond acceptors (Lipinski definition) is 4. The molecule has 4 N–H and O–H groups in total. The van der Waals surface area contributed by atoms with Gasteiger partial charge in [-0.05, 0) is 5.92 Å². The Morgan fingerprint density at radius 2 is 1.31 bits per heavy atom. The van der Waals surface area contributed by atoms with Gasteiger partial charge in [0.1, 0.15) is 6.10 Å². The summed E-state index contributed by atoms with van der Waals surface area (Å²) < 4.78 is 0. The van der Waals surface area contributed by atoms with Gasteiger partial charge in [0, 0.05) is 12.5 Å². The molecule has 0 rings (SSSR count). The third kappa shape index (κ3) is 3.60. The van der Waals surface area contributed by atoms with E-state index < -0.39 is 24.2 Å². The molecule has 0 bridgehead atoms. The predicted molar refractivity (Wildman–Crippen MR) is 49.1 cm³/mol. The van der Waals surface area contributed by atoms with Crippen LogP contribution < -0.4 is 0 Å². The summed E-state index contributed by atoms with van der Waals surface area (Å²) in [6.45, 7) is 4.92. The summed E-state index contributed by atoms with van der Waals surface area (Å²) in [7, 11) is 0. The van der Waals surface area contributed by atoms with Crippen molar-refractivity contribution in [1.82, 2.24) is 0 Å². The summed E-state index contributed by atoms with van der Waals surface area (Å²) >= 11 is 0. The Kier molecular flexibility index (Phi) is 5.48. The van der Waals surface area contributed by atoms with E-state index in [9.17, 15) is 15.3 Å². The molecule has 4 heteroatoms. The maximum atomic E-state index is 9.45. The van der Waals surface area contributed by atoms with Gasteiger partial charge >= 0.3 is 0 Å². The lowest BCUT2D eigenvalue weighted by Gasteiger charge is -2.28. The molecule has 0 spiro atoms. The Balaban J connectivity index is 4.15. The first-order chi connectivity index (χ1) is 5.91. The molecule has 80 valence electrons. The fourth-order valence-electron chi connectivity index (χ4n) is 1.04. The minimum Gasteiger partial charge on any atom is -0.396 e. The highest BCUT2D eigenvalue weighted by Gasteiger charge is 2.30. The second kappa shape index (κ2) is 5.54. The highest BCUT2D eigenvalue weighted by Crippen LogP contribution is 2.14. The van der Waals surface area contributed by atoms with Crippen LogP contribution in [0.2, 0.25) is 0 Å². The van der Waals surface area contributed by atoms with E-state index >= 15 is 0 Å².